The third-order valence-corrected chi connectivity index (χ3v) is 3.02. The van der Waals surface area contributed by atoms with Gasteiger partial charge in [-0.1, -0.05) is 30.3 Å². The van der Waals surface area contributed by atoms with Crippen LogP contribution < -0.4 is 0 Å². The highest BCUT2D eigenvalue weighted by atomic mass is 16.7. The zero-order valence-corrected chi connectivity index (χ0v) is 12.0. The van der Waals surface area contributed by atoms with Gasteiger partial charge in [-0.15, -0.1) is 0 Å². The number of rotatable bonds is 10. The maximum Gasteiger partial charge on any atom is 0.214 e. The van der Waals surface area contributed by atoms with Gasteiger partial charge in [-0.05, 0) is 5.56 Å². The molecule has 7 nitrogen and oxygen atoms in total. The number of nitro groups is 1. The molecule has 0 aromatic heterocycles. The number of benzene rings is 1. The molecule has 0 aliphatic carbocycles. The van der Waals surface area contributed by atoms with Crippen molar-refractivity contribution in [3.05, 3.63) is 46.0 Å². The lowest BCUT2D eigenvalue weighted by Gasteiger charge is -2.26. The number of hydrogen-bond acceptors (Lipinski definition) is 6. The molecule has 7 heteroatoms. The summed E-state index contributed by atoms with van der Waals surface area (Å²) in [6, 6.07) is 9.23. The SMILES string of the molecule is COC(OC)[C@@H](C[N+](=O)[O-])[C@H](C=O)OCc1ccccc1. The number of carbonyl (C=O) groups excluding carboxylic acids is 1. The molecule has 1 aromatic rings. The molecule has 0 saturated heterocycles. The average Bonchev–Trinajstić information content (AvgIpc) is 2.49. The topological polar surface area (TPSA) is 87.9 Å². The molecule has 0 fully saturated rings. The molecular formula is C14H19NO6. The van der Waals surface area contributed by atoms with Crippen molar-refractivity contribution in [1.29, 1.82) is 0 Å². The number of ether oxygens (including phenoxy) is 3. The second-order valence-corrected chi connectivity index (χ2v) is 4.42. The van der Waals surface area contributed by atoms with E-state index in [1.807, 2.05) is 30.3 Å². The van der Waals surface area contributed by atoms with Crippen LogP contribution in [0.25, 0.3) is 0 Å². The molecule has 0 saturated carbocycles. The van der Waals surface area contributed by atoms with E-state index in [1.165, 1.54) is 14.2 Å². The van der Waals surface area contributed by atoms with Gasteiger partial charge in [-0.25, -0.2) is 0 Å². The molecular weight excluding hydrogens is 278 g/mol. The molecule has 0 unspecified atom stereocenters. The van der Waals surface area contributed by atoms with Crippen molar-refractivity contribution in [2.24, 2.45) is 5.92 Å². The Balaban J connectivity index is 2.75. The molecule has 1 rings (SSSR count). The van der Waals surface area contributed by atoms with Crippen molar-refractivity contribution in [2.45, 2.75) is 19.0 Å². The van der Waals surface area contributed by atoms with E-state index in [-0.39, 0.29) is 6.61 Å². The van der Waals surface area contributed by atoms with E-state index in [0.29, 0.717) is 6.29 Å². The van der Waals surface area contributed by atoms with Gasteiger partial charge in [0.25, 0.3) is 0 Å². The highest BCUT2D eigenvalue weighted by Crippen LogP contribution is 2.17. The third-order valence-electron chi connectivity index (χ3n) is 3.02. The van der Waals surface area contributed by atoms with Gasteiger partial charge in [0.2, 0.25) is 6.54 Å². The van der Waals surface area contributed by atoms with Gasteiger partial charge >= 0.3 is 0 Å². The van der Waals surface area contributed by atoms with E-state index in [0.717, 1.165) is 5.56 Å². The smallest absolute Gasteiger partial charge is 0.214 e. The fraction of sp³-hybridized carbons (Fsp3) is 0.500. The first-order valence-electron chi connectivity index (χ1n) is 6.40. The summed E-state index contributed by atoms with van der Waals surface area (Å²) < 4.78 is 15.6. The van der Waals surface area contributed by atoms with Crippen molar-refractivity contribution in [1.82, 2.24) is 0 Å². The fourth-order valence-electron chi connectivity index (χ4n) is 1.99. The van der Waals surface area contributed by atoms with Crippen LogP contribution in [0.3, 0.4) is 0 Å². The summed E-state index contributed by atoms with van der Waals surface area (Å²) in [5.41, 5.74) is 0.871. The van der Waals surface area contributed by atoms with Crippen LogP contribution in [0.2, 0.25) is 0 Å². The van der Waals surface area contributed by atoms with Gasteiger partial charge in [0.1, 0.15) is 18.3 Å². The average molecular weight is 297 g/mol. The predicted molar refractivity (Wildman–Crippen MR) is 74.2 cm³/mol. The minimum atomic E-state index is -0.986. The first-order chi connectivity index (χ1) is 10.1. The molecule has 0 aliphatic heterocycles. The molecule has 0 amide bonds. The van der Waals surface area contributed by atoms with E-state index in [1.54, 1.807) is 0 Å². The zero-order chi connectivity index (χ0) is 15.7. The zero-order valence-electron chi connectivity index (χ0n) is 12.0. The first-order valence-corrected chi connectivity index (χ1v) is 6.40. The Hall–Kier alpha value is -1.83. The number of methoxy groups -OCH3 is 2. The Morgan fingerprint density at radius 3 is 2.33 bits per heavy atom. The quantitative estimate of drug-likeness (QED) is 0.280. The molecule has 0 bridgehead atoms. The maximum absolute atomic E-state index is 11.2. The van der Waals surface area contributed by atoms with E-state index >= 15 is 0 Å². The van der Waals surface area contributed by atoms with E-state index < -0.39 is 29.8 Å². The summed E-state index contributed by atoms with van der Waals surface area (Å²) >= 11 is 0. The monoisotopic (exact) mass is 297 g/mol. The Bertz CT molecular complexity index is 434. The Morgan fingerprint density at radius 1 is 1.24 bits per heavy atom. The number of nitrogens with zero attached hydrogens (tertiary/aromatic N) is 1. The lowest BCUT2D eigenvalue weighted by molar-refractivity contribution is -0.496. The maximum atomic E-state index is 11.2. The van der Waals surface area contributed by atoms with Gasteiger partial charge in [0.15, 0.2) is 6.29 Å². The summed E-state index contributed by atoms with van der Waals surface area (Å²) in [7, 11) is 2.72. The largest absolute Gasteiger partial charge is 0.365 e. The van der Waals surface area contributed by atoms with E-state index in [9.17, 15) is 14.9 Å². The van der Waals surface area contributed by atoms with E-state index in [2.05, 4.69) is 0 Å². The minimum Gasteiger partial charge on any atom is -0.365 e. The summed E-state index contributed by atoms with van der Waals surface area (Å²) in [6.45, 7) is -0.302. The summed E-state index contributed by atoms with van der Waals surface area (Å²) in [4.78, 5) is 21.5. The van der Waals surface area contributed by atoms with Crippen LogP contribution in [-0.4, -0.2) is 44.4 Å². The van der Waals surface area contributed by atoms with Gasteiger partial charge in [-0.3, -0.25) is 10.1 Å². The second kappa shape index (κ2) is 9.17. The fourth-order valence-corrected chi connectivity index (χ4v) is 1.99. The molecule has 2 atom stereocenters. The van der Waals surface area contributed by atoms with Crippen LogP contribution >= 0.6 is 0 Å². The van der Waals surface area contributed by atoms with Gasteiger partial charge in [0.05, 0.1) is 6.61 Å². The van der Waals surface area contributed by atoms with Crippen LogP contribution in [0, 0.1) is 16.0 Å². The molecule has 0 aliphatic rings. The predicted octanol–water partition coefficient (Wildman–Crippen LogP) is 1.28. The second-order valence-electron chi connectivity index (χ2n) is 4.42. The molecule has 0 heterocycles. The Labute approximate surface area is 123 Å². The normalized spacial score (nSPS) is 13.9. The molecule has 0 radical (unpaired) electrons. The van der Waals surface area contributed by atoms with Crippen LogP contribution in [0.15, 0.2) is 30.3 Å². The van der Waals surface area contributed by atoms with Crippen molar-refractivity contribution >= 4 is 6.29 Å². The summed E-state index contributed by atoms with van der Waals surface area (Å²) in [6.07, 6.45) is -1.33. The lowest BCUT2D eigenvalue weighted by Crippen LogP contribution is -2.41. The van der Waals surface area contributed by atoms with Crippen LogP contribution in [0.1, 0.15) is 5.56 Å². The van der Waals surface area contributed by atoms with Crippen LogP contribution in [-0.2, 0) is 25.6 Å². The Morgan fingerprint density at radius 2 is 1.86 bits per heavy atom. The highest BCUT2D eigenvalue weighted by molar-refractivity contribution is 5.56. The molecule has 0 N–H and O–H groups in total. The van der Waals surface area contributed by atoms with Crippen molar-refractivity contribution in [3.8, 4) is 0 Å². The number of aldehydes is 1. The molecule has 21 heavy (non-hydrogen) atoms. The van der Waals surface area contributed by atoms with Gasteiger partial charge in [-0.2, -0.15) is 0 Å². The van der Waals surface area contributed by atoms with Gasteiger partial charge < -0.3 is 19.0 Å². The molecule has 116 valence electrons. The van der Waals surface area contributed by atoms with E-state index in [4.69, 9.17) is 14.2 Å². The van der Waals surface area contributed by atoms with Crippen LogP contribution in [0.5, 0.6) is 0 Å². The summed E-state index contributed by atoms with van der Waals surface area (Å²) in [5.74, 6) is -0.823. The number of hydrogen-bond donors (Lipinski definition) is 0. The summed E-state index contributed by atoms with van der Waals surface area (Å²) in [5, 5.41) is 10.8. The highest BCUT2D eigenvalue weighted by Gasteiger charge is 2.35. The molecule has 0 spiro atoms. The lowest BCUT2D eigenvalue weighted by atomic mass is 10.0. The van der Waals surface area contributed by atoms with Crippen molar-refractivity contribution in [3.63, 3.8) is 0 Å². The third kappa shape index (κ3) is 5.58. The Kier molecular flexibility index (Phi) is 7.52. The first kappa shape index (κ1) is 17.2. The number of carbonyl (C=O) groups is 1. The van der Waals surface area contributed by atoms with Gasteiger partial charge in [0, 0.05) is 19.1 Å². The van der Waals surface area contributed by atoms with Crippen molar-refractivity contribution < 1.29 is 23.9 Å². The van der Waals surface area contributed by atoms with Crippen molar-refractivity contribution in [2.75, 3.05) is 20.8 Å². The standard InChI is InChI=1S/C14H19NO6/c1-19-14(20-2)12(8-15(17)18)13(9-16)21-10-11-6-4-3-5-7-11/h3-7,9,12-14H,8,10H2,1-2H3/t12-,13-/m0/s1. The minimum absolute atomic E-state index is 0.179. The van der Waals surface area contributed by atoms with Crippen LogP contribution in [0.4, 0.5) is 0 Å². The molecule has 1 aromatic carbocycles.